The van der Waals surface area contributed by atoms with Gasteiger partial charge in [0.1, 0.15) is 11.8 Å². The number of carbonyl (C=O) groups excluding carboxylic acids is 1. The molecule has 2 aromatic carbocycles. The Morgan fingerprint density at radius 2 is 1.79 bits per heavy atom. The number of hydrogen-bond acceptors (Lipinski definition) is 7. The van der Waals surface area contributed by atoms with Crippen LogP contribution in [0.5, 0.6) is 5.75 Å². The number of aromatic nitrogens is 2. The van der Waals surface area contributed by atoms with Crippen LogP contribution in [-0.2, 0) is 0 Å². The normalized spacial score (nSPS) is 15.9. The first-order valence-corrected chi connectivity index (χ1v) is 11.8. The van der Waals surface area contributed by atoms with E-state index in [-0.39, 0.29) is 12.0 Å². The van der Waals surface area contributed by atoms with Crippen molar-refractivity contribution in [2.45, 2.75) is 38.8 Å². The Kier molecular flexibility index (Phi) is 5.93. The number of para-hydroxylation sites is 2. The second kappa shape index (κ2) is 9.18. The minimum atomic E-state index is -0.0758. The number of piperazine rings is 1. The number of hydrogen-bond donors (Lipinski definition) is 1. The van der Waals surface area contributed by atoms with Crippen LogP contribution in [0.25, 0.3) is 11.0 Å². The molecule has 5 rings (SSSR count). The van der Waals surface area contributed by atoms with Gasteiger partial charge in [-0.05, 0) is 57.0 Å². The Morgan fingerprint density at radius 1 is 1.09 bits per heavy atom. The molecule has 34 heavy (non-hydrogen) atoms. The van der Waals surface area contributed by atoms with Gasteiger partial charge in [-0.2, -0.15) is 5.26 Å². The molecule has 2 heterocycles. The number of benzene rings is 2. The molecule has 0 spiro atoms. The minimum absolute atomic E-state index is 0.0424. The summed E-state index contributed by atoms with van der Waals surface area (Å²) >= 11 is 0. The third kappa shape index (κ3) is 4.60. The van der Waals surface area contributed by atoms with Gasteiger partial charge in [0.2, 0.25) is 0 Å². The number of ether oxygens (including phenoxy) is 1. The monoisotopic (exact) mass is 456 g/mol. The van der Waals surface area contributed by atoms with E-state index in [0.717, 1.165) is 35.5 Å². The van der Waals surface area contributed by atoms with E-state index in [4.69, 9.17) is 14.7 Å². The molecule has 1 saturated carbocycles. The van der Waals surface area contributed by atoms with Crippen molar-refractivity contribution in [2.24, 2.45) is 0 Å². The predicted molar refractivity (Wildman–Crippen MR) is 131 cm³/mol. The Labute approximate surface area is 199 Å². The van der Waals surface area contributed by atoms with Gasteiger partial charge in [0.25, 0.3) is 5.91 Å². The van der Waals surface area contributed by atoms with Gasteiger partial charge < -0.3 is 19.9 Å². The Morgan fingerprint density at radius 3 is 2.44 bits per heavy atom. The molecule has 174 valence electrons. The maximum absolute atomic E-state index is 13.2. The fourth-order valence-electron chi connectivity index (χ4n) is 4.14. The zero-order chi connectivity index (χ0) is 23.7. The van der Waals surface area contributed by atoms with Crippen molar-refractivity contribution < 1.29 is 9.53 Å². The molecular formula is C26H28N6O2. The van der Waals surface area contributed by atoms with E-state index in [1.54, 1.807) is 18.2 Å². The molecule has 0 radical (unpaired) electrons. The minimum Gasteiger partial charge on any atom is -0.490 e. The second-order valence-electron chi connectivity index (χ2n) is 9.07. The van der Waals surface area contributed by atoms with E-state index < -0.39 is 0 Å². The van der Waals surface area contributed by atoms with E-state index in [1.807, 2.05) is 43.0 Å². The number of rotatable bonds is 6. The number of anilines is 2. The summed E-state index contributed by atoms with van der Waals surface area (Å²) in [6.07, 6.45) is 2.27. The van der Waals surface area contributed by atoms with Crippen LogP contribution in [0.3, 0.4) is 0 Å². The smallest absolute Gasteiger partial charge is 0.254 e. The highest BCUT2D eigenvalue weighted by atomic mass is 16.5. The number of nitrogens with one attached hydrogen (secondary N) is 1. The molecule has 1 N–H and O–H groups in total. The van der Waals surface area contributed by atoms with E-state index in [9.17, 15) is 10.1 Å². The maximum Gasteiger partial charge on any atom is 0.254 e. The van der Waals surface area contributed by atoms with Gasteiger partial charge in [-0.15, -0.1) is 0 Å². The molecule has 3 aromatic rings. The van der Waals surface area contributed by atoms with Crippen LogP contribution in [0.15, 0.2) is 42.5 Å². The summed E-state index contributed by atoms with van der Waals surface area (Å²) < 4.78 is 5.68. The van der Waals surface area contributed by atoms with Crippen LogP contribution in [0.1, 0.15) is 42.6 Å². The van der Waals surface area contributed by atoms with Crippen molar-refractivity contribution in [1.82, 2.24) is 14.9 Å². The number of nitrogens with zero attached hydrogens (tertiary/aromatic N) is 5. The fraction of sp³-hybridized carbons (Fsp3) is 0.385. The number of nitriles is 1. The summed E-state index contributed by atoms with van der Waals surface area (Å²) in [5.74, 6) is 2.10. The van der Waals surface area contributed by atoms with Crippen LogP contribution in [0.4, 0.5) is 11.6 Å². The highest BCUT2D eigenvalue weighted by molar-refractivity contribution is 5.95. The van der Waals surface area contributed by atoms with E-state index in [1.165, 1.54) is 0 Å². The first-order chi connectivity index (χ1) is 16.5. The Hall–Kier alpha value is -3.86. The van der Waals surface area contributed by atoms with Gasteiger partial charge in [0, 0.05) is 37.8 Å². The molecule has 1 saturated heterocycles. The number of fused-ring (bicyclic) bond motifs is 1. The highest BCUT2D eigenvalue weighted by Crippen LogP contribution is 2.31. The van der Waals surface area contributed by atoms with Crippen molar-refractivity contribution in [3.63, 3.8) is 0 Å². The summed E-state index contributed by atoms with van der Waals surface area (Å²) in [5.41, 5.74) is 2.62. The molecule has 2 aliphatic rings. The van der Waals surface area contributed by atoms with Gasteiger partial charge in [-0.3, -0.25) is 4.79 Å². The molecule has 1 aliphatic heterocycles. The molecule has 1 amide bonds. The summed E-state index contributed by atoms with van der Waals surface area (Å²) in [7, 11) is 0. The van der Waals surface area contributed by atoms with Gasteiger partial charge >= 0.3 is 0 Å². The largest absolute Gasteiger partial charge is 0.490 e. The Balaban J connectivity index is 1.32. The molecule has 1 aliphatic carbocycles. The molecule has 8 heteroatoms. The lowest BCUT2D eigenvalue weighted by Crippen LogP contribution is -2.49. The van der Waals surface area contributed by atoms with Crippen LogP contribution in [0, 0.1) is 11.3 Å². The summed E-state index contributed by atoms with van der Waals surface area (Å²) in [4.78, 5) is 26.9. The van der Waals surface area contributed by atoms with Gasteiger partial charge in [-0.25, -0.2) is 9.97 Å². The first-order valence-electron chi connectivity index (χ1n) is 11.8. The summed E-state index contributed by atoms with van der Waals surface area (Å²) in [6.45, 7) is 6.29. The lowest BCUT2D eigenvalue weighted by atomic mass is 10.1. The molecule has 2 fully saturated rings. The lowest BCUT2D eigenvalue weighted by Gasteiger charge is -2.36. The number of carbonyl (C=O) groups is 1. The van der Waals surface area contributed by atoms with Gasteiger partial charge in [0.05, 0.1) is 22.7 Å². The standard InChI is InChI=1S/C26H28N6O2/c1-17(2)34-23-10-7-18(15-19(23)16-27)26(33)32-13-11-31(12-14-32)25-24(28-20-8-9-20)29-21-5-3-4-6-22(21)30-25/h3-7,10,15,17,20H,8-9,11-14H2,1-2H3,(H,28,29). The molecule has 0 atom stereocenters. The fourth-order valence-corrected chi connectivity index (χ4v) is 4.14. The van der Waals surface area contributed by atoms with Crippen LogP contribution in [-0.4, -0.2) is 59.1 Å². The molecule has 1 aromatic heterocycles. The third-order valence-electron chi connectivity index (χ3n) is 6.05. The first kappa shape index (κ1) is 22.0. The quantitative estimate of drug-likeness (QED) is 0.602. The summed E-state index contributed by atoms with van der Waals surface area (Å²) in [6, 6.07) is 15.6. The van der Waals surface area contributed by atoms with E-state index >= 15 is 0 Å². The third-order valence-corrected chi connectivity index (χ3v) is 6.05. The van der Waals surface area contributed by atoms with Crippen LogP contribution >= 0.6 is 0 Å². The molecule has 0 bridgehead atoms. The van der Waals surface area contributed by atoms with Crippen LogP contribution in [0.2, 0.25) is 0 Å². The summed E-state index contributed by atoms with van der Waals surface area (Å²) in [5, 5.41) is 13.0. The Bertz CT molecular complexity index is 1260. The van der Waals surface area contributed by atoms with Crippen molar-refractivity contribution in [3.05, 3.63) is 53.6 Å². The maximum atomic E-state index is 13.2. The van der Waals surface area contributed by atoms with Gasteiger partial charge in [-0.1, -0.05) is 12.1 Å². The second-order valence-corrected chi connectivity index (χ2v) is 9.07. The van der Waals surface area contributed by atoms with Crippen molar-refractivity contribution in [3.8, 4) is 11.8 Å². The zero-order valence-corrected chi connectivity index (χ0v) is 19.5. The van der Waals surface area contributed by atoms with Crippen molar-refractivity contribution in [2.75, 3.05) is 36.4 Å². The molecule has 0 unspecified atom stereocenters. The van der Waals surface area contributed by atoms with Crippen molar-refractivity contribution in [1.29, 1.82) is 5.26 Å². The average molecular weight is 457 g/mol. The molecular weight excluding hydrogens is 428 g/mol. The molecule has 8 nitrogen and oxygen atoms in total. The van der Waals surface area contributed by atoms with E-state index in [2.05, 4.69) is 16.3 Å². The topological polar surface area (TPSA) is 94.4 Å². The average Bonchev–Trinajstić information content (AvgIpc) is 3.67. The zero-order valence-electron chi connectivity index (χ0n) is 19.5. The van der Waals surface area contributed by atoms with Crippen molar-refractivity contribution >= 4 is 28.6 Å². The SMILES string of the molecule is CC(C)Oc1ccc(C(=O)N2CCN(c3nc4ccccc4nc3NC3CC3)CC2)cc1C#N. The highest BCUT2D eigenvalue weighted by Gasteiger charge is 2.28. The number of amides is 1. The van der Waals surface area contributed by atoms with Crippen LogP contribution < -0.4 is 15.0 Å². The van der Waals surface area contributed by atoms with E-state index in [0.29, 0.717) is 49.1 Å². The lowest BCUT2D eigenvalue weighted by molar-refractivity contribution is 0.0746. The van der Waals surface area contributed by atoms with Gasteiger partial charge in [0.15, 0.2) is 11.6 Å². The predicted octanol–water partition coefficient (Wildman–Crippen LogP) is 3.83.